The van der Waals surface area contributed by atoms with Crippen LogP contribution in [0.1, 0.15) is 17.3 Å². The van der Waals surface area contributed by atoms with Gasteiger partial charge in [-0.2, -0.15) is 0 Å². The van der Waals surface area contributed by atoms with Gasteiger partial charge in [0.05, 0.1) is 35.7 Å². The Labute approximate surface area is 173 Å². The van der Waals surface area contributed by atoms with Crippen molar-refractivity contribution in [3.05, 3.63) is 53.1 Å². The first kappa shape index (κ1) is 20.9. The number of nitrogens with one attached hydrogen (secondary N) is 1. The van der Waals surface area contributed by atoms with Crippen molar-refractivity contribution in [2.75, 3.05) is 29.0 Å². The molecule has 3 rings (SSSR count). The molecule has 1 amide bonds. The molecule has 1 heterocycles. The number of hydrogen-bond donors (Lipinski definition) is 1. The maximum absolute atomic E-state index is 12.8. The average molecular weight is 439 g/mol. The SMILES string of the molecule is CCS(=O)(=O)N1C[C@@H](C(=O)Nc2ccc(Cl)c(C(=O)OC)c2)Oc2ccccc21. The first-order valence-corrected chi connectivity index (χ1v) is 10.7. The van der Waals surface area contributed by atoms with Crippen molar-refractivity contribution >= 4 is 44.9 Å². The van der Waals surface area contributed by atoms with E-state index in [9.17, 15) is 18.0 Å². The van der Waals surface area contributed by atoms with Gasteiger partial charge < -0.3 is 14.8 Å². The van der Waals surface area contributed by atoms with Gasteiger partial charge in [-0.1, -0.05) is 23.7 Å². The number of fused-ring (bicyclic) bond motifs is 1. The average Bonchev–Trinajstić information content (AvgIpc) is 2.73. The number of sulfonamides is 1. The van der Waals surface area contributed by atoms with Gasteiger partial charge in [0, 0.05) is 5.69 Å². The van der Waals surface area contributed by atoms with Gasteiger partial charge in [-0.05, 0) is 37.3 Å². The molecule has 0 bridgehead atoms. The minimum absolute atomic E-state index is 0.0945. The summed E-state index contributed by atoms with van der Waals surface area (Å²) in [7, 11) is -2.38. The summed E-state index contributed by atoms with van der Waals surface area (Å²) in [6.45, 7) is 1.36. The fraction of sp³-hybridized carbons (Fsp3) is 0.263. The smallest absolute Gasteiger partial charge is 0.339 e. The standard InChI is InChI=1S/C19H19ClN2O6S/c1-3-29(25,26)22-11-17(28-16-7-5-4-6-15(16)22)18(23)21-12-8-9-14(20)13(10-12)19(24)27-2/h4-10,17H,3,11H2,1-2H3,(H,21,23)/t17-/m0/s1. The second-order valence-corrected chi connectivity index (χ2v) is 8.77. The number of rotatable bonds is 5. The third kappa shape index (κ3) is 4.30. The Bertz CT molecular complexity index is 1060. The molecular formula is C19H19ClN2O6S. The number of nitrogens with zero attached hydrogens (tertiary/aromatic N) is 1. The fourth-order valence-electron chi connectivity index (χ4n) is 2.85. The van der Waals surface area contributed by atoms with E-state index in [-0.39, 0.29) is 22.9 Å². The number of ether oxygens (including phenoxy) is 2. The second-order valence-electron chi connectivity index (χ2n) is 6.18. The molecule has 1 N–H and O–H groups in total. The third-order valence-electron chi connectivity index (χ3n) is 4.37. The number of anilines is 2. The summed E-state index contributed by atoms with van der Waals surface area (Å²) in [4.78, 5) is 24.5. The number of esters is 1. The summed E-state index contributed by atoms with van der Waals surface area (Å²) < 4.78 is 36.6. The second kappa shape index (κ2) is 8.30. The van der Waals surface area contributed by atoms with E-state index in [2.05, 4.69) is 10.1 Å². The van der Waals surface area contributed by atoms with Gasteiger partial charge in [-0.3, -0.25) is 9.10 Å². The molecule has 0 spiro atoms. The molecule has 2 aromatic carbocycles. The van der Waals surface area contributed by atoms with Gasteiger partial charge >= 0.3 is 5.97 Å². The van der Waals surface area contributed by atoms with E-state index in [1.54, 1.807) is 24.3 Å². The van der Waals surface area contributed by atoms with E-state index in [0.717, 1.165) is 0 Å². The highest BCUT2D eigenvalue weighted by Gasteiger charge is 2.36. The van der Waals surface area contributed by atoms with E-state index < -0.39 is 28.0 Å². The molecule has 1 atom stereocenters. The lowest BCUT2D eigenvalue weighted by atomic mass is 10.2. The number of carbonyl (C=O) groups excluding carboxylic acids is 2. The number of carbonyl (C=O) groups is 2. The molecule has 10 heteroatoms. The first-order valence-electron chi connectivity index (χ1n) is 8.71. The molecule has 0 saturated heterocycles. The Hall–Kier alpha value is -2.78. The Balaban J connectivity index is 1.86. The number of halogens is 1. The van der Waals surface area contributed by atoms with Crippen molar-refractivity contribution in [1.82, 2.24) is 0 Å². The van der Waals surface area contributed by atoms with E-state index in [0.29, 0.717) is 17.1 Å². The van der Waals surface area contributed by atoms with Crippen LogP contribution in [0.25, 0.3) is 0 Å². The number of benzene rings is 2. The summed E-state index contributed by atoms with van der Waals surface area (Å²) in [6, 6.07) is 11.0. The van der Waals surface area contributed by atoms with Crippen LogP contribution in [-0.2, 0) is 19.6 Å². The molecule has 8 nitrogen and oxygen atoms in total. The van der Waals surface area contributed by atoms with Crippen LogP contribution in [0.4, 0.5) is 11.4 Å². The summed E-state index contributed by atoms with van der Waals surface area (Å²) in [5.41, 5.74) is 0.780. The normalized spacial score (nSPS) is 15.8. The van der Waals surface area contributed by atoms with Crippen LogP contribution in [0, 0.1) is 0 Å². The summed E-state index contributed by atoms with van der Waals surface area (Å²) >= 11 is 5.98. The van der Waals surface area contributed by atoms with Crippen LogP contribution >= 0.6 is 11.6 Å². The van der Waals surface area contributed by atoms with Crippen molar-refractivity contribution in [3.63, 3.8) is 0 Å². The molecule has 0 saturated carbocycles. The lowest BCUT2D eigenvalue weighted by Gasteiger charge is -2.34. The zero-order chi connectivity index (χ0) is 21.2. The quantitative estimate of drug-likeness (QED) is 0.720. The zero-order valence-corrected chi connectivity index (χ0v) is 17.3. The maximum Gasteiger partial charge on any atom is 0.339 e. The van der Waals surface area contributed by atoms with E-state index >= 15 is 0 Å². The number of hydrogen-bond acceptors (Lipinski definition) is 6. The van der Waals surface area contributed by atoms with E-state index in [1.807, 2.05) is 0 Å². The number of para-hydroxylation sites is 2. The van der Waals surface area contributed by atoms with Gasteiger partial charge in [-0.25, -0.2) is 13.2 Å². The predicted octanol–water partition coefficient (Wildman–Crippen LogP) is 2.68. The van der Waals surface area contributed by atoms with Crippen molar-refractivity contribution in [2.45, 2.75) is 13.0 Å². The number of amides is 1. The van der Waals surface area contributed by atoms with E-state index in [4.69, 9.17) is 16.3 Å². The molecule has 1 aliphatic rings. The van der Waals surface area contributed by atoms with Crippen LogP contribution in [-0.4, -0.2) is 45.8 Å². The number of methoxy groups -OCH3 is 1. The van der Waals surface area contributed by atoms with Crippen LogP contribution in [0.2, 0.25) is 5.02 Å². The minimum atomic E-state index is -3.61. The fourth-order valence-corrected chi connectivity index (χ4v) is 4.17. The van der Waals surface area contributed by atoms with Crippen molar-refractivity contribution in [1.29, 1.82) is 0 Å². The summed E-state index contributed by atoms with van der Waals surface area (Å²) in [5, 5.41) is 2.81. The lowest BCUT2D eigenvalue weighted by Crippen LogP contribution is -2.49. The summed E-state index contributed by atoms with van der Waals surface area (Å²) in [6.07, 6.45) is -1.08. The molecule has 0 radical (unpaired) electrons. The molecule has 154 valence electrons. The van der Waals surface area contributed by atoms with Crippen molar-refractivity contribution in [2.24, 2.45) is 0 Å². The predicted molar refractivity (Wildman–Crippen MR) is 109 cm³/mol. The van der Waals surface area contributed by atoms with Gasteiger partial charge in [0.2, 0.25) is 10.0 Å². The van der Waals surface area contributed by atoms with Crippen molar-refractivity contribution in [3.8, 4) is 5.75 Å². The Kier molecular flexibility index (Phi) is 5.99. The maximum atomic E-state index is 12.8. The molecule has 0 unspecified atom stereocenters. The third-order valence-corrected chi connectivity index (χ3v) is 6.44. The van der Waals surface area contributed by atoms with Gasteiger partial charge in [0.1, 0.15) is 5.75 Å². The molecule has 0 fully saturated rings. The molecule has 0 aromatic heterocycles. The summed E-state index contributed by atoms with van der Waals surface area (Å²) in [5.74, 6) is -1.03. The highest BCUT2D eigenvalue weighted by Crippen LogP contribution is 2.35. The molecule has 0 aliphatic carbocycles. The lowest BCUT2D eigenvalue weighted by molar-refractivity contribution is -0.122. The van der Waals surface area contributed by atoms with Crippen molar-refractivity contribution < 1.29 is 27.5 Å². The van der Waals surface area contributed by atoms with Crippen LogP contribution < -0.4 is 14.4 Å². The van der Waals surface area contributed by atoms with Crippen LogP contribution in [0.3, 0.4) is 0 Å². The monoisotopic (exact) mass is 438 g/mol. The van der Waals surface area contributed by atoms with E-state index in [1.165, 1.54) is 36.5 Å². The van der Waals surface area contributed by atoms with Gasteiger partial charge in [0.25, 0.3) is 5.91 Å². The zero-order valence-electron chi connectivity index (χ0n) is 15.7. The highest BCUT2D eigenvalue weighted by molar-refractivity contribution is 7.92. The van der Waals surface area contributed by atoms with Crippen LogP contribution in [0.15, 0.2) is 42.5 Å². The molecule has 2 aromatic rings. The minimum Gasteiger partial charge on any atom is -0.476 e. The van der Waals surface area contributed by atoms with Gasteiger partial charge in [0.15, 0.2) is 6.10 Å². The molecule has 1 aliphatic heterocycles. The Morgan fingerprint density at radius 2 is 2.00 bits per heavy atom. The Morgan fingerprint density at radius 3 is 2.69 bits per heavy atom. The molecular weight excluding hydrogens is 420 g/mol. The van der Waals surface area contributed by atoms with Gasteiger partial charge in [-0.15, -0.1) is 0 Å². The molecule has 29 heavy (non-hydrogen) atoms. The van der Waals surface area contributed by atoms with Crippen LogP contribution in [0.5, 0.6) is 5.75 Å². The topological polar surface area (TPSA) is 102 Å². The highest BCUT2D eigenvalue weighted by atomic mass is 35.5. The largest absolute Gasteiger partial charge is 0.476 e. The first-order chi connectivity index (χ1) is 13.8. The Morgan fingerprint density at radius 1 is 1.28 bits per heavy atom.